The minimum absolute atomic E-state index is 0.0801. The second-order valence-corrected chi connectivity index (χ2v) is 7.26. The number of alkyl halides is 3. The molecule has 3 aromatic rings. The van der Waals surface area contributed by atoms with Gasteiger partial charge in [0.05, 0.1) is 4.70 Å². The summed E-state index contributed by atoms with van der Waals surface area (Å²) in [4.78, 5) is 0. The lowest BCUT2D eigenvalue weighted by atomic mass is 10.0. The summed E-state index contributed by atoms with van der Waals surface area (Å²) in [6.07, 6.45) is 0. The first-order valence-electron chi connectivity index (χ1n) is 6.49. The highest BCUT2D eigenvalue weighted by Crippen LogP contribution is 2.40. The van der Waals surface area contributed by atoms with Crippen molar-refractivity contribution in [3.8, 4) is 22.6 Å². The summed E-state index contributed by atoms with van der Waals surface area (Å²) >= 11 is 1.07. The summed E-state index contributed by atoms with van der Waals surface area (Å²) in [6.45, 7) is 0. The molecular weight excluding hydrogens is 365 g/mol. The molecule has 0 spiro atoms. The van der Waals surface area contributed by atoms with Gasteiger partial charge < -0.3 is 9.29 Å². The Labute approximate surface area is 138 Å². The van der Waals surface area contributed by atoms with Crippen LogP contribution in [0.15, 0.2) is 47.8 Å². The van der Waals surface area contributed by atoms with Crippen molar-refractivity contribution in [2.24, 2.45) is 0 Å². The summed E-state index contributed by atoms with van der Waals surface area (Å²) in [5.41, 5.74) is -4.09. The van der Waals surface area contributed by atoms with Gasteiger partial charge in [0, 0.05) is 5.39 Å². The van der Waals surface area contributed by atoms with E-state index < -0.39 is 15.6 Å². The first-order chi connectivity index (χ1) is 11.2. The van der Waals surface area contributed by atoms with Gasteiger partial charge in [-0.2, -0.15) is 21.6 Å². The van der Waals surface area contributed by atoms with Gasteiger partial charge in [0.25, 0.3) is 0 Å². The van der Waals surface area contributed by atoms with Crippen LogP contribution < -0.4 is 4.18 Å². The zero-order chi connectivity index (χ0) is 17.5. The van der Waals surface area contributed by atoms with Gasteiger partial charge in [-0.05, 0) is 46.8 Å². The van der Waals surface area contributed by atoms with Crippen LogP contribution in [-0.2, 0) is 10.1 Å². The lowest BCUT2D eigenvalue weighted by Crippen LogP contribution is -2.28. The van der Waals surface area contributed by atoms with Crippen LogP contribution >= 0.6 is 11.3 Å². The van der Waals surface area contributed by atoms with Crippen LogP contribution in [0, 0.1) is 0 Å². The molecule has 4 nitrogen and oxygen atoms in total. The molecule has 3 rings (SSSR count). The van der Waals surface area contributed by atoms with Crippen LogP contribution in [0.3, 0.4) is 0 Å². The third kappa shape index (κ3) is 2.92. The van der Waals surface area contributed by atoms with Gasteiger partial charge in [-0.1, -0.05) is 12.1 Å². The van der Waals surface area contributed by atoms with Gasteiger partial charge >= 0.3 is 15.6 Å². The van der Waals surface area contributed by atoms with Crippen molar-refractivity contribution in [3.63, 3.8) is 0 Å². The average molecular weight is 374 g/mol. The minimum atomic E-state index is -5.73. The molecule has 1 aromatic heterocycles. The molecule has 0 aliphatic carbocycles. The predicted molar refractivity (Wildman–Crippen MR) is 84.5 cm³/mol. The van der Waals surface area contributed by atoms with Crippen molar-refractivity contribution < 1.29 is 30.9 Å². The number of thiophene rings is 1. The smallest absolute Gasteiger partial charge is 0.508 e. The molecule has 0 unspecified atom stereocenters. The number of hydrogen-bond donors (Lipinski definition) is 1. The Morgan fingerprint density at radius 2 is 1.67 bits per heavy atom. The maximum Gasteiger partial charge on any atom is 0.534 e. The zero-order valence-electron chi connectivity index (χ0n) is 11.7. The SMILES string of the molecule is O=S(=O)(Oc1ccc(-c2ccc(O)cc2)c2ccsc12)C(F)(F)F. The van der Waals surface area contributed by atoms with E-state index >= 15 is 0 Å². The molecule has 24 heavy (non-hydrogen) atoms. The fourth-order valence-electron chi connectivity index (χ4n) is 2.16. The van der Waals surface area contributed by atoms with Crippen molar-refractivity contribution in [2.45, 2.75) is 5.51 Å². The van der Waals surface area contributed by atoms with Crippen molar-refractivity contribution >= 4 is 31.5 Å². The Bertz CT molecular complexity index is 990. The van der Waals surface area contributed by atoms with E-state index in [1.165, 1.54) is 24.3 Å². The molecule has 0 fully saturated rings. The molecule has 2 aromatic carbocycles. The second kappa shape index (κ2) is 5.67. The fraction of sp³-hybridized carbons (Fsp3) is 0.0667. The topological polar surface area (TPSA) is 63.6 Å². The van der Waals surface area contributed by atoms with Gasteiger partial charge in [-0.3, -0.25) is 0 Å². The number of halogens is 3. The normalized spacial score (nSPS) is 12.5. The maximum absolute atomic E-state index is 12.5. The van der Waals surface area contributed by atoms with Crippen molar-refractivity contribution in [1.29, 1.82) is 0 Å². The van der Waals surface area contributed by atoms with Crippen molar-refractivity contribution in [3.05, 3.63) is 47.8 Å². The van der Waals surface area contributed by atoms with Crippen LogP contribution in [0.5, 0.6) is 11.5 Å². The van der Waals surface area contributed by atoms with Crippen LogP contribution in [0.25, 0.3) is 21.2 Å². The molecule has 0 saturated carbocycles. The van der Waals surface area contributed by atoms with Crippen LogP contribution in [0.2, 0.25) is 0 Å². The highest BCUT2D eigenvalue weighted by molar-refractivity contribution is 7.88. The molecule has 0 amide bonds. The number of aromatic hydroxyl groups is 1. The molecule has 0 aliphatic rings. The van der Waals surface area contributed by atoms with E-state index in [1.807, 2.05) is 0 Å². The van der Waals surface area contributed by atoms with Crippen molar-refractivity contribution in [2.75, 3.05) is 0 Å². The van der Waals surface area contributed by atoms with Gasteiger partial charge in [-0.25, -0.2) is 0 Å². The fourth-order valence-corrected chi connectivity index (χ4v) is 3.55. The van der Waals surface area contributed by atoms with E-state index in [0.717, 1.165) is 16.9 Å². The average Bonchev–Trinajstić information content (AvgIpc) is 2.97. The number of hydrogen-bond acceptors (Lipinski definition) is 5. The molecule has 9 heteroatoms. The Morgan fingerprint density at radius 1 is 1.00 bits per heavy atom. The van der Waals surface area contributed by atoms with E-state index in [1.54, 1.807) is 23.6 Å². The molecule has 0 radical (unpaired) electrons. The zero-order valence-corrected chi connectivity index (χ0v) is 13.4. The lowest BCUT2D eigenvalue weighted by molar-refractivity contribution is -0.0499. The summed E-state index contributed by atoms with van der Waals surface area (Å²) in [7, 11) is -5.73. The maximum atomic E-state index is 12.5. The number of phenols is 1. The summed E-state index contributed by atoms with van der Waals surface area (Å²) in [6, 6.07) is 10.6. The van der Waals surface area contributed by atoms with Crippen LogP contribution in [0.1, 0.15) is 0 Å². The monoisotopic (exact) mass is 374 g/mol. The third-order valence-corrected chi connectivity index (χ3v) is 5.14. The first-order valence-corrected chi connectivity index (χ1v) is 8.78. The van der Waals surface area contributed by atoms with E-state index in [0.29, 0.717) is 10.9 Å². The molecule has 0 saturated heterocycles. The van der Waals surface area contributed by atoms with Gasteiger partial charge in [0.15, 0.2) is 5.75 Å². The number of fused-ring (bicyclic) bond motifs is 1. The molecule has 1 N–H and O–H groups in total. The highest BCUT2D eigenvalue weighted by Gasteiger charge is 2.48. The molecule has 1 heterocycles. The lowest BCUT2D eigenvalue weighted by Gasteiger charge is -2.11. The molecule has 126 valence electrons. The van der Waals surface area contributed by atoms with E-state index in [2.05, 4.69) is 4.18 Å². The van der Waals surface area contributed by atoms with Crippen LogP contribution in [0.4, 0.5) is 13.2 Å². The molecular formula is C15H9F3O4S2. The summed E-state index contributed by atoms with van der Waals surface area (Å²) in [5.74, 6) is -0.295. The second-order valence-electron chi connectivity index (χ2n) is 4.80. The molecule has 0 aliphatic heterocycles. The first kappa shape index (κ1) is 16.6. The Kier molecular flexibility index (Phi) is 3.92. The highest BCUT2D eigenvalue weighted by atomic mass is 32.2. The summed E-state index contributed by atoms with van der Waals surface area (Å²) in [5, 5.41) is 11.5. The van der Waals surface area contributed by atoms with E-state index in [4.69, 9.17) is 0 Å². The number of rotatable bonds is 3. The number of phenolic OH excluding ortho intramolecular Hbond substituents is 1. The summed E-state index contributed by atoms with van der Waals surface area (Å²) < 4.78 is 64.5. The van der Waals surface area contributed by atoms with E-state index in [9.17, 15) is 26.7 Å². The van der Waals surface area contributed by atoms with Gasteiger partial charge in [0.2, 0.25) is 0 Å². The van der Waals surface area contributed by atoms with Crippen LogP contribution in [-0.4, -0.2) is 19.0 Å². The van der Waals surface area contributed by atoms with E-state index in [-0.39, 0.29) is 16.2 Å². The molecule has 0 atom stereocenters. The Balaban J connectivity index is 2.10. The van der Waals surface area contributed by atoms with Crippen molar-refractivity contribution in [1.82, 2.24) is 0 Å². The number of benzene rings is 2. The largest absolute Gasteiger partial charge is 0.534 e. The van der Waals surface area contributed by atoms with Gasteiger partial charge in [0.1, 0.15) is 5.75 Å². The minimum Gasteiger partial charge on any atom is -0.508 e. The quantitative estimate of drug-likeness (QED) is 0.541. The standard InChI is InChI=1S/C15H9F3O4S2/c16-15(17,18)24(20,21)22-13-6-5-11(12-7-8-23-14(12)13)9-1-3-10(19)4-2-9/h1-8,19H. The Morgan fingerprint density at radius 3 is 2.29 bits per heavy atom. The van der Waals surface area contributed by atoms with Gasteiger partial charge in [-0.15, -0.1) is 11.3 Å². The Hall–Kier alpha value is -2.26. The molecule has 0 bridgehead atoms. The third-order valence-electron chi connectivity index (χ3n) is 3.24. The predicted octanol–water partition coefficient (Wildman–Crippen LogP) is 4.50.